The predicted molar refractivity (Wildman–Crippen MR) is 115 cm³/mol. The van der Waals surface area contributed by atoms with E-state index in [-0.39, 0.29) is 25.5 Å². The second-order valence-electron chi connectivity index (χ2n) is 7.03. The highest BCUT2D eigenvalue weighted by molar-refractivity contribution is 6.00. The number of nitrogens with one attached hydrogen (secondary N) is 1. The van der Waals surface area contributed by atoms with Gasteiger partial charge in [0.1, 0.15) is 5.75 Å². The molecule has 0 aromatic heterocycles. The van der Waals surface area contributed by atoms with Gasteiger partial charge >= 0.3 is 11.9 Å². The van der Waals surface area contributed by atoms with Crippen LogP contribution in [0.15, 0.2) is 48.5 Å². The number of esters is 2. The summed E-state index contributed by atoms with van der Waals surface area (Å²) in [5.74, 6) is -2.03. The van der Waals surface area contributed by atoms with Crippen LogP contribution in [0.2, 0.25) is 0 Å². The van der Waals surface area contributed by atoms with Crippen molar-refractivity contribution in [3.8, 4) is 5.75 Å². The highest BCUT2D eigenvalue weighted by atomic mass is 16.5. The Morgan fingerprint density at radius 3 is 2.47 bits per heavy atom. The summed E-state index contributed by atoms with van der Waals surface area (Å²) >= 11 is 0. The SMILES string of the molecule is CCOC(=O)c1ccc(N2C[C@H](C(=O)OCC(=O)Nc3ccccc3OC)CC2=O)cc1. The Morgan fingerprint density at radius 2 is 1.78 bits per heavy atom. The molecule has 0 radical (unpaired) electrons. The molecule has 1 aliphatic rings. The molecule has 2 amide bonds. The molecule has 3 rings (SSSR count). The van der Waals surface area contributed by atoms with E-state index in [1.807, 2.05) is 0 Å². The number of rotatable bonds is 8. The molecule has 9 heteroatoms. The van der Waals surface area contributed by atoms with Crippen LogP contribution < -0.4 is 15.0 Å². The van der Waals surface area contributed by atoms with Crippen molar-refractivity contribution in [2.45, 2.75) is 13.3 Å². The zero-order valence-corrected chi connectivity index (χ0v) is 17.8. The summed E-state index contributed by atoms with van der Waals surface area (Å²) in [6, 6.07) is 13.2. The molecule has 32 heavy (non-hydrogen) atoms. The fourth-order valence-electron chi connectivity index (χ4n) is 3.30. The number of para-hydroxylation sites is 2. The van der Waals surface area contributed by atoms with Crippen molar-refractivity contribution in [1.82, 2.24) is 0 Å². The summed E-state index contributed by atoms with van der Waals surface area (Å²) in [6.07, 6.45) is -0.0212. The van der Waals surface area contributed by atoms with Crippen molar-refractivity contribution >= 4 is 35.1 Å². The maximum Gasteiger partial charge on any atom is 0.338 e. The Morgan fingerprint density at radius 1 is 1.06 bits per heavy atom. The van der Waals surface area contributed by atoms with Crippen molar-refractivity contribution in [3.63, 3.8) is 0 Å². The number of methoxy groups -OCH3 is 1. The molecule has 1 atom stereocenters. The van der Waals surface area contributed by atoms with Gasteiger partial charge in [0.25, 0.3) is 5.91 Å². The van der Waals surface area contributed by atoms with Crippen LogP contribution in [-0.4, -0.2) is 50.6 Å². The van der Waals surface area contributed by atoms with Gasteiger partial charge in [-0.15, -0.1) is 0 Å². The molecule has 2 aromatic carbocycles. The highest BCUT2D eigenvalue weighted by Gasteiger charge is 2.36. The van der Waals surface area contributed by atoms with Crippen LogP contribution in [0, 0.1) is 5.92 Å². The second kappa shape index (κ2) is 10.4. The van der Waals surface area contributed by atoms with E-state index in [1.165, 1.54) is 12.0 Å². The first-order valence-corrected chi connectivity index (χ1v) is 10.1. The highest BCUT2D eigenvalue weighted by Crippen LogP contribution is 2.27. The molecular weight excluding hydrogens is 416 g/mol. The summed E-state index contributed by atoms with van der Waals surface area (Å²) in [7, 11) is 1.48. The van der Waals surface area contributed by atoms with Crippen molar-refractivity contribution in [3.05, 3.63) is 54.1 Å². The average molecular weight is 440 g/mol. The smallest absolute Gasteiger partial charge is 0.338 e. The first-order chi connectivity index (χ1) is 15.4. The zero-order valence-electron chi connectivity index (χ0n) is 17.8. The van der Waals surface area contributed by atoms with Crippen LogP contribution >= 0.6 is 0 Å². The fraction of sp³-hybridized carbons (Fsp3) is 0.304. The van der Waals surface area contributed by atoms with Crippen molar-refractivity contribution < 1.29 is 33.4 Å². The fourth-order valence-corrected chi connectivity index (χ4v) is 3.30. The second-order valence-corrected chi connectivity index (χ2v) is 7.03. The first-order valence-electron chi connectivity index (χ1n) is 10.1. The Kier molecular flexibility index (Phi) is 7.43. The molecule has 0 saturated carbocycles. The molecule has 0 bridgehead atoms. The van der Waals surface area contributed by atoms with Crippen LogP contribution in [-0.2, 0) is 23.9 Å². The molecule has 0 spiro atoms. The Bertz CT molecular complexity index is 1000. The van der Waals surface area contributed by atoms with E-state index in [4.69, 9.17) is 14.2 Å². The Labute approximate surface area is 185 Å². The third-order valence-electron chi connectivity index (χ3n) is 4.88. The van der Waals surface area contributed by atoms with Crippen molar-refractivity contribution in [1.29, 1.82) is 0 Å². The van der Waals surface area contributed by atoms with Crippen molar-refractivity contribution in [2.24, 2.45) is 5.92 Å². The largest absolute Gasteiger partial charge is 0.495 e. The van der Waals surface area contributed by atoms with Gasteiger partial charge in [0.15, 0.2) is 6.61 Å². The molecule has 1 N–H and O–H groups in total. The summed E-state index contributed by atoms with van der Waals surface area (Å²) in [5.41, 5.74) is 1.40. The molecule has 1 heterocycles. The van der Waals surface area contributed by atoms with E-state index >= 15 is 0 Å². The number of benzene rings is 2. The third kappa shape index (κ3) is 5.42. The number of nitrogens with zero attached hydrogens (tertiary/aromatic N) is 1. The van der Waals surface area contributed by atoms with E-state index in [9.17, 15) is 19.2 Å². The maximum absolute atomic E-state index is 12.4. The quantitative estimate of drug-likeness (QED) is 0.628. The van der Waals surface area contributed by atoms with Gasteiger partial charge < -0.3 is 24.4 Å². The van der Waals surface area contributed by atoms with E-state index < -0.39 is 30.4 Å². The molecule has 0 unspecified atom stereocenters. The van der Waals surface area contributed by atoms with Crippen LogP contribution in [0.25, 0.3) is 0 Å². The van der Waals surface area contributed by atoms with Gasteiger partial charge in [0.05, 0.1) is 30.9 Å². The number of hydrogen-bond donors (Lipinski definition) is 1. The lowest BCUT2D eigenvalue weighted by atomic mass is 10.1. The zero-order chi connectivity index (χ0) is 23.1. The monoisotopic (exact) mass is 440 g/mol. The molecule has 1 aliphatic heterocycles. The van der Waals surface area contributed by atoms with E-state index in [2.05, 4.69) is 5.32 Å². The van der Waals surface area contributed by atoms with Gasteiger partial charge in [-0.3, -0.25) is 14.4 Å². The van der Waals surface area contributed by atoms with Gasteiger partial charge in [0.2, 0.25) is 5.91 Å². The van der Waals surface area contributed by atoms with E-state index in [0.29, 0.717) is 22.7 Å². The van der Waals surface area contributed by atoms with Gasteiger partial charge in [-0.2, -0.15) is 0 Å². The normalized spacial score (nSPS) is 15.2. The van der Waals surface area contributed by atoms with Crippen molar-refractivity contribution in [2.75, 3.05) is 37.1 Å². The van der Waals surface area contributed by atoms with Crippen LogP contribution in [0.1, 0.15) is 23.7 Å². The van der Waals surface area contributed by atoms with Gasteiger partial charge in [-0.1, -0.05) is 12.1 Å². The number of anilines is 2. The molecule has 0 aliphatic carbocycles. The van der Waals surface area contributed by atoms with E-state index in [1.54, 1.807) is 55.5 Å². The summed E-state index contributed by atoms with van der Waals surface area (Å²) in [5, 5.41) is 2.62. The lowest BCUT2D eigenvalue weighted by molar-refractivity contribution is -0.151. The Hall–Kier alpha value is -3.88. The van der Waals surface area contributed by atoms with Crippen LogP contribution in [0.5, 0.6) is 5.75 Å². The van der Waals surface area contributed by atoms with Gasteiger partial charge in [-0.05, 0) is 43.3 Å². The van der Waals surface area contributed by atoms with Gasteiger partial charge in [-0.25, -0.2) is 4.79 Å². The first kappa shape index (κ1) is 22.8. The predicted octanol–water partition coefficient (Wildman–Crippen LogP) is 2.41. The number of carbonyl (C=O) groups is 4. The molecule has 9 nitrogen and oxygen atoms in total. The Balaban J connectivity index is 1.53. The summed E-state index contributed by atoms with van der Waals surface area (Å²) in [4.78, 5) is 50.1. The maximum atomic E-state index is 12.4. The summed E-state index contributed by atoms with van der Waals surface area (Å²) in [6.45, 7) is 1.64. The van der Waals surface area contributed by atoms with Crippen LogP contribution in [0.3, 0.4) is 0 Å². The molecule has 1 saturated heterocycles. The number of amides is 2. The lowest BCUT2D eigenvalue weighted by Gasteiger charge is -2.17. The van der Waals surface area contributed by atoms with Crippen LogP contribution in [0.4, 0.5) is 11.4 Å². The lowest BCUT2D eigenvalue weighted by Crippen LogP contribution is -2.28. The average Bonchev–Trinajstić information content (AvgIpc) is 3.19. The molecular formula is C23H24N2O7. The van der Waals surface area contributed by atoms with Gasteiger partial charge in [0, 0.05) is 18.7 Å². The number of carbonyl (C=O) groups excluding carboxylic acids is 4. The third-order valence-corrected chi connectivity index (χ3v) is 4.88. The minimum absolute atomic E-state index is 0.0212. The molecule has 2 aromatic rings. The minimum Gasteiger partial charge on any atom is -0.495 e. The standard InChI is InChI=1S/C23H24N2O7/c1-3-31-22(28)15-8-10-17(11-9-15)25-13-16(12-21(25)27)23(29)32-14-20(26)24-18-6-4-5-7-19(18)30-2/h4-11,16H,3,12-14H2,1-2H3,(H,24,26)/t16-/m1/s1. The number of hydrogen-bond acceptors (Lipinski definition) is 7. The topological polar surface area (TPSA) is 111 Å². The molecule has 168 valence electrons. The number of ether oxygens (including phenoxy) is 3. The van der Waals surface area contributed by atoms with E-state index in [0.717, 1.165) is 0 Å². The summed E-state index contributed by atoms with van der Waals surface area (Å²) < 4.78 is 15.2. The minimum atomic E-state index is -0.689. The molecule has 1 fully saturated rings.